The Morgan fingerprint density at radius 1 is 1.08 bits per heavy atom. The molecule has 5 nitrogen and oxygen atoms in total. The maximum atomic E-state index is 12.9. The largest absolute Gasteiger partial charge is 0.332 e. The van der Waals surface area contributed by atoms with Crippen molar-refractivity contribution in [2.24, 2.45) is 5.41 Å². The minimum Gasteiger partial charge on any atom is -0.332 e. The van der Waals surface area contributed by atoms with Gasteiger partial charge in [0.1, 0.15) is 6.04 Å². The first-order valence-corrected chi connectivity index (χ1v) is 9.08. The SMILES string of the molecule is C[C@H](N1C(=O)[C@H](N2C(=O)c3ccccc3C2=O)C1CCCl)C(C)(C)C. The van der Waals surface area contributed by atoms with Crippen LogP contribution in [0.5, 0.6) is 0 Å². The van der Waals surface area contributed by atoms with Gasteiger partial charge in [0.15, 0.2) is 0 Å². The van der Waals surface area contributed by atoms with E-state index >= 15 is 0 Å². The van der Waals surface area contributed by atoms with Gasteiger partial charge in [0.25, 0.3) is 11.8 Å². The lowest BCUT2D eigenvalue weighted by Crippen LogP contribution is -2.74. The van der Waals surface area contributed by atoms with Crippen molar-refractivity contribution in [1.82, 2.24) is 9.80 Å². The number of halogens is 1. The molecule has 134 valence electrons. The van der Waals surface area contributed by atoms with Gasteiger partial charge in [-0.25, -0.2) is 0 Å². The van der Waals surface area contributed by atoms with Gasteiger partial charge < -0.3 is 4.90 Å². The normalized spacial score (nSPS) is 24.4. The first-order valence-electron chi connectivity index (χ1n) is 8.55. The van der Waals surface area contributed by atoms with Crippen molar-refractivity contribution < 1.29 is 14.4 Å². The number of amides is 3. The molecular formula is C19H23ClN2O3. The summed E-state index contributed by atoms with van der Waals surface area (Å²) in [4.78, 5) is 41.2. The number of fused-ring (bicyclic) bond motifs is 1. The Morgan fingerprint density at radius 2 is 1.60 bits per heavy atom. The summed E-state index contributed by atoms with van der Waals surface area (Å²) in [6.07, 6.45) is 0.547. The topological polar surface area (TPSA) is 57.7 Å². The van der Waals surface area contributed by atoms with Gasteiger partial charge in [-0.15, -0.1) is 11.6 Å². The first-order chi connectivity index (χ1) is 11.7. The molecule has 1 saturated heterocycles. The summed E-state index contributed by atoms with van der Waals surface area (Å²) in [5.74, 6) is -0.583. The maximum Gasteiger partial charge on any atom is 0.262 e. The van der Waals surface area contributed by atoms with Gasteiger partial charge in [-0.3, -0.25) is 19.3 Å². The molecule has 2 aliphatic heterocycles. The summed E-state index contributed by atoms with van der Waals surface area (Å²) in [5, 5.41) is 0. The number of carbonyl (C=O) groups excluding carboxylic acids is 3. The first kappa shape index (κ1) is 17.9. The van der Waals surface area contributed by atoms with Gasteiger partial charge in [0, 0.05) is 11.9 Å². The molecule has 3 atom stereocenters. The average Bonchev–Trinajstić information content (AvgIpc) is 2.79. The Morgan fingerprint density at radius 3 is 2.04 bits per heavy atom. The van der Waals surface area contributed by atoms with Crippen LogP contribution in [0.4, 0.5) is 0 Å². The van der Waals surface area contributed by atoms with E-state index in [0.29, 0.717) is 23.4 Å². The monoisotopic (exact) mass is 362 g/mol. The number of benzene rings is 1. The number of hydrogen-bond donors (Lipinski definition) is 0. The minimum atomic E-state index is -0.754. The third-order valence-corrected chi connectivity index (χ3v) is 5.63. The smallest absolute Gasteiger partial charge is 0.262 e. The standard InChI is InChI=1S/C19H23ClN2O3/c1-11(19(2,3)4)21-14(9-10-20)15(18(21)25)22-16(23)12-7-5-6-8-13(12)17(22)24/h5-8,11,14-15H,9-10H2,1-4H3/t11-,14?,15+/m0/s1. The quantitative estimate of drug-likeness (QED) is 0.470. The molecule has 25 heavy (non-hydrogen) atoms. The molecule has 1 aromatic rings. The maximum absolute atomic E-state index is 12.9. The highest BCUT2D eigenvalue weighted by Crippen LogP contribution is 2.39. The summed E-state index contributed by atoms with van der Waals surface area (Å²) in [6, 6.07) is 5.70. The molecule has 0 N–H and O–H groups in total. The van der Waals surface area contributed by atoms with Crippen LogP contribution in [-0.4, -0.2) is 51.5 Å². The van der Waals surface area contributed by atoms with Crippen LogP contribution in [0.15, 0.2) is 24.3 Å². The van der Waals surface area contributed by atoms with E-state index in [2.05, 4.69) is 20.8 Å². The van der Waals surface area contributed by atoms with Gasteiger partial charge in [0.2, 0.25) is 5.91 Å². The van der Waals surface area contributed by atoms with E-state index in [1.165, 1.54) is 0 Å². The summed E-state index contributed by atoms with van der Waals surface area (Å²) in [5.41, 5.74) is 0.632. The van der Waals surface area contributed by atoms with E-state index in [9.17, 15) is 14.4 Å². The van der Waals surface area contributed by atoms with Crippen molar-refractivity contribution in [3.8, 4) is 0 Å². The molecule has 0 spiro atoms. The van der Waals surface area contributed by atoms with Gasteiger partial charge >= 0.3 is 0 Å². The van der Waals surface area contributed by atoms with E-state index in [-0.39, 0.29) is 35.2 Å². The molecule has 1 fully saturated rings. The summed E-state index contributed by atoms with van der Waals surface area (Å²) < 4.78 is 0. The molecular weight excluding hydrogens is 340 g/mol. The van der Waals surface area contributed by atoms with Crippen LogP contribution in [0.25, 0.3) is 0 Å². The van der Waals surface area contributed by atoms with E-state index in [0.717, 1.165) is 4.90 Å². The Labute approximate surface area is 152 Å². The van der Waals surface area contributed by atoms with E-state index < -0.39 is 6.04 Å². The van der Waals surface area contributed by atoms with Crippen LogP contribution in [0.1, 0.15) is 54.8 Å². The number of hydrogen-bond acceptors (Lipinski definition) is 3. The Bertz CT molecular complexity index is 705. The predicted molar refractivity (Wildman–Crippen MR) is 95.6 cm³/mol. The van der Waals surface area contributed by atoms with Crippen LogP contribution in [-0.2, 0) is 4.79 Å². The van der Waals surface area contributed by atoms with Gasteiger partial charge in [-0.1, -0.05) is 32.9 Å². The number of carbonyl (C=O) groups is 3. The van der Waals surface area contributed by atoms with Crippen LogP contribution in [0.3, 0.4) is 0 Å². The summed E-state index contributed by atoms with van der Waals surface area (Å²) in [6.45, 7) is 8.20. The number of rotatable bonds is 4. The lowest BCUT2D eigenvalue weighted by atomic mass is 9.80. The zero-order valence-electron chi connectivity index (χ0n) is 15.0. The minimum absolute atomic E-state index is 0.0142. The lowest BCUT2D eigenvalue weighted by molar-refractivity contribution is -0.163. The van der Waals surface area contributed by atoms with Gasteiger partial charge in [-0.2, -0.15) is 0 Å². The molecule has 1 aromatic carbocycles. The van der Waals surface area contributed by atoms with Gasteiger partial charge in [0.05, 0.1) is 17.2 Å². The number of likely N-dealkylation sites (tertiary alicyclic amines) is 1. The fourth-order valence-corrected chi connectivity index (χ4v) is 3.82. The molecule has 2 aliphatic rings. The van der Waals surface area contributed by atoms with Crippen LogP contribution < -0.4 is 0 Å². The fourth-order valence-electron chi connectivity index (χ4n) is 3.60. The van der Waals surface area contributed by atoms with Crippen molar-refractivity contribution in [2.45, 2.75) is 52.2 Å². The third kappa shape index (κ3) is 2.65. The highest BCUT2D eigenvalue weighted by atomic mass is 35.5. The van der Waals surface area contributed by atoms with Crippen LogP contribution in [0, 0.1) is 5.41 Å². The van der Waals surface area contributed by atoms with Crippen molar-refractivity contribution in [3.05, 3.63) is 35.4 Å². The molecule has 6 heteroatoms. The number of alkyl halides is 1. The van der Waals surface area contributed by atoms with Crippen molar-refractivity contribution in [1.29, 1.82) is 0 Å². The second-order valence-electron chi connectivity index (χ2n) is 7.80. The predicted octanol–water partition coefficient (Wildman–Crippen LogP) is 2.93. The molecule has 3 amide bonds. The average molecular weight is 363 g/mol. The molecule has 0 bridgehead atoms. The number of nitrogens with zero attached hydrogens (tertiary/aromatic N) is 2. The zero-order chi connectivity index (χ0) is 18.5. The highest BCUT2D eigenvalue weighted by molar-refractivity contribution is 6.23. The summed E-state index contributed by atoms with van der Waals surface area (Å²) >= 11 is 5.95. The number of β-lactam (4-membered cyclic amide) rings is 1. The van der Waals surface area contributed by atoms with E-state index in [1.807, 2.05) is 6.92 Å². The third-order valence-electron chi connectivity index (χ3n) is 5.41. The van der Waals surface area contributed by atoms with Crippen LogP contribution in [0.2, 0.25) is 0 Å². The molecule has 0 aliphatic carbocycles. The van der Waals surface area contributed by atoms with E-state index in [4.69, 9.17) is 11.6 Å². The Balaban J connectivity index is 1.92. The fraction of sp³-hybridized carbons (Fsp3) is 0.526. The molecule has 0 radical (unpaired) electrons. The molecule has 2 heterocycles. The van der Waals surface area contributed by atoms with Gasteiger partial charge in [-0.05, 0) is 30.9 Å². The number of imide groups is 1. The second kappa shape index (κ2) is 6.13. The van der Waals surface area contributed by atoms with Crippen molar-refractivity contribution >= 4 is 29.3 Å². The zero-order valence-corrected chi connectivity index (χ0v) is 15.7. The Hall–Kier alpha value is -1.88. The highest BCUT2D eigenvalue weighted by Gasteiger charge is 2.57. The van der Waals surface area contributed by atoms with Crippen molar-refractivity contribution in [3.63, 3.8) is 0 Å². The molecule has 0 aromatic heterocycles. The molecule has 3 rings (SSSR count). The molecule has 0 saturated carbocycles. The lowest BCUT2D eigenvalue weighted by Gasteiger charge is -2.55. The van der Waals surface area contributed by atoms with Crippen LogP contribution >= 0.6 is 11.6 Å². The second-order valence-corrected chi connectivity index (χ2v) is 8.18. The summed E-state index contributed by atoms with van der Waals surface area (Å²) in [7, 11) is 0. The molecule has 1 unspecified atom stereocenters. The van der Waals surface area contributed by atoms with Crippen molar-refractivity contribution in [2.75, 3.05) is 5.88 Å². The van der Waals surface area contributed by atoms with E-state index in [1.54, 1.807) is 29.2 Å². The Kier molecular flexibility index (Phi) is 4.40.